The largest absolute Gasteiger partial charge is 0.365 e. The van der Waals surface area contributed by atoms with E-state index in [9.17, 15) is 0 Å². The molecule has 0 radical (unpaired) electrons. The molecule has 0 saturated heterocycles. The first-order valence-corrected chi connectivity index (χ1v) is 8.95. The van der Waals surface area contributed by atoms with Crippen LogP contribution in [-0.2, 0) is 6.54 Å². The van der Waals surface area contributed by atoms with E-state index in [1.165, 1.54) is 4.88 Å². The summed E-state index contributed by atoms with van der Waals surface area (Å²) in [6, 6.07) is 10.4. The van der Waals surface area contributed by atoms with E-state index < -0.39 is 0 Å². The molecule has 0 spiro atoms. The van der Waals surface area contributed by atoms with Gasteiger partial charge < -0.3 is 10.6 Å². The molecule has 1 atom stereocenters. The Morgan fingerprint density at radius 2 is 2.12 bits per heavy atom. The van der Waals surface area contributed by atoms with Gasteiger partial charge in [0.2, 0.25) is 5.95 Å². The third-order valence-electron chi connectivity index (χ3n) is 3.70. The maximum atomic E-state index is 4.64. The number of pyridine rings is 1. The van der Waals surface area contributed by atoms with E-state index in [1.54, 1.807) is 17.5 Å². The Bertz CT molecular complexity index is 758. The molecule has 0 aliphatic rings. The van der Waals surface area contributed by atoms with Crippen molar-refractivity contribution in [2.45, 2.75) is 32.9 Å². The first kappa shape index (κ1) is 16.4. The average Bonchev–Trinajstić information content (AvgIpc) is 3.14. The van der Waals surface area contributed by atoms with Crippen LogP contribution in [0.2, 0.25) is 0 Å². The number of thiophene rings is 1. The van der Waals surface area contributed by atoms with Crippen LogP contribution in [0.4, 0.5) is 11.8 Å². The Labute approximate surface area is 146 Å². The van der Waals surface area contributed by atoms with E-state index in [4.69, 9.17) is 0 Å². The predicted molar refractivity (Wildman–Crippen MR) is 100 cm³/mol. The van der Waals surface area contributed by atoms with Crippen LogP contribution in [0.15, 0.2) is 48.1 Å². The summed E-state index contributed by atoms with van der Waals surface area (Å²) < 4.78 is 0. The van der Waals surface area contributed by atoms with E-state index >= 15 is 0 Å². The van der Waals surface area contributed by atoms with Gasteiger partial charge in [-0.05, 0) is 36.9 Å². The van der Waals surface area contributed by atoms with Crippen LogP contribution in [-0.4, -0.2) is 21.0 Å². The molecular weight excluding hydrogens is 318 g/mol. The predicted octanol–water partition coefficient (Wildman–Crippen LogP) is 4.42. The molecule has 24 heavy (non-hydrogen) atoms. The van der Waals surface area contributed by atoms with Gasteiger partial charge in [-0.3, -0.25) is 4.98 Å². The monoisotopic (exact) mass is 339 g/mol. The van der Waals surface area contributed by atoms with Gasteiger partial charge in [0.25, 0.3) is 0 Å². The van der Waals surface area contributed by atoms with Crippen molar-refractivity contribution < 1.29 is 0 Å². The van der Waals surface area contributed by atoms with Gasteiger partial charge in [-0.25, -0.2) is 4.98 Å². The van der Waals surface area contributed by atoms with Crippen molar-refractivity contribution in [1.29, 1.82) is 0 Å². The molecule has 0 fully saturated rings. The van der Waals surface area contributed by atoms with E-state index in [0.717, 1.165) is 30.0 Å². The number of nitrogens with one attached hydrogen (secondary N) is 2. The second-order valence-electron chi connectivity index (χ2n) is 5.59. The number of rotatable bonds is 7. The molecule has 3 heterocycles. The summed E-state index contributed by atoms with van der Waals surface area (Å²) >= 11 is 1.73. The summed E-state index contributed by atoms with van der Waals surface area (Å²) in [5, 5.41) is 8.82. The third-order valence-corrected chi connectivity index (χ3v) is 4.57. The molecule has 3 rings (SSSR count). The smallest absolute Gasteiger partial charge is 0.225 e. The van der Waals surface area contributed by atoms with Crippen LogP contribution in [0.1, 0.15) is 25.1 Å². The van der Waals surface area contributed by atoms with Crippen molar-refractivity contribution >= 4 is 23.1 Å². The quantitative estimate of drug-likeness (QED) is 0.667. The Balaban J connectivity index is 1.87. The minimum absolute atomic E-state index is 0.319. The van der Waals surface area contributed by atoms with Crippen molar-refractivity contribution in [1.82, 2.24) is 15.0 Å². The average molecular weight is 339 g/mol. The van der Waals surface area contributed by atoms with Crippen LogP contribution in [0.25, 0.3) is 11.3 Å². The maximum absolute atomic E-state index is 4.64. The lowest BCUT2D eigenvalue weighted by atomic mass is 10.2. The van der Waals surface area contributed by atoms with E-state index in [-0.39, 0.29) is 0 Å². The standard InChI is InChI=1S/C18H21N5S/c1-3-13(2)21-18-22-16(14-6-4-8-19-11-14)10-17(23-18)20-12-15-7-5-9-24-15/h4-11,13H,3,12H2,1-2H3,(H2,20,21,22,23)/t13-/m0/s1. The summed E-state index contributed by atoms with van der Waals surface area (Å²) in [4.78, 5) is 14.7. The SMILES string of the molecule is CC[C@H](C)Nc1nc(NCc2cccs2)cc(-c2cccnc2)n1. The zero-order valence-corrected chi connectivity index (χ0v) is 14.7. The number of hydrogen-bond donors (Lipinski definition) is 2. The van der Waals surface area contributed by atoms with Gasteiger partial charge in [0.1, 0.15) is 5.82 Å². The first-order chi connectivity index (χ1) is 11.7. The second kappa shape index (κ2) is 7.88. The molecule has 5 nitrogen and oxygen atoms in total. The summed E-state index contributed by atoms with van der Waals surface area (Å²) in [7, 11) is 0. The number of anilines is 2. The lowest BCUT2D eigenvalue weighted by molar-refractivity contribution is 0.753. The molecule has 0 saturated carbocycles. The zero-order valence-electron chi connectivity index (χ0n) is 13.9. The highest BCUT2D eigenvalue weighted by atomic mass is 32.1. The Morgan fingerprint density at radius 1 is 1.21 bits per heavy atom. The fraction of sp³-hybridized carbons (Fsp3) is 0.278. The molecule has 0 amide bonds. The highest BCUT2D eigenvalue weighted by Crippen LogP contribution is 2.22. The van der Waals surface area contributed by atoms with Crippen LogP contribution in [0, 0.1) is 0 Å². The summed E-state index contributed by atoms with van der Waals surface area (Å²) in [6.45, 7) is 5.02. The van der Waals surface area contributed by atoms with Crippen LogP contribution < -0.4 is 10.6 Å². The Hall–Kier alpha value is -2.47. The molecule has 0 aromatic carbocycles. The molecular formula is C18H21N5S. The van der Waals surface area contributed by atoms with E-state index in [2.05, 4.69) is 56.9 Å². The highest BCUT2D eigenvalue weighted by molar-refractivity contribution is 7.09. The zero-order chi connectivity index (χ0) is 16.8. The molecule has 0 aliphatic heterocycles. The number of hydrogen-bond acceptors (Lipinski definition) is 6. The highest BCUT2D eigenvalue weighted by Gasteiger charge is 2.09. The minimum atomic E-state index is 0.319. The molecule has 3 aromatic heterocycles. The lowest BCUT2D eigenvalue weighted by Crippen LogP contribution is -2.16. The van der Waals surface area contributed by atoms with Gasteiger partial charge in [-0.2, -0.15) is 4.98 Å². The van der Waals surface area contributed by atoms with Gasteiger partial charge in [0, 0.05) is 34.9 Å². The van der Waals surface area contributed by atoms with Crippen molar-refractivity contribution in [3.8, 4) is 11.3 Å². The summed E-state index contributed by atoms with van der Waals surface area (Å²) in [5.41, 5.74) is 1.84. The molecule has 0 aliphatic carbocycles. The van der Waals surface area contributed by atoms with E-state index in [0.29, 0.717) is 12.0 Å². The molecule has 6 heteroatoms. The fourth-order valence-electron chi connectivity index (χ4n) is 2.18. The van der Waals surface area contributed by atoms with Gasteiger partial charge >= 0.3 is 0 Å². The van der Waals surface area contributed by atoms with Crippen LogP contribution in [0.5, 0.6) is 0 Å². The minimum Gasteiger partial charge on any atom is -0.365 e. The summed E-state index contributed by atoms with van der Waals surface area (Å²) in [6.07, 6.45) is 4.59. The molecule has 0 bridgehead atoms. The first-order valence-electron chi connectivity index (χ1n) is 8.07. The Kier molecular flexibility index (Phi) is 5.38. The Morgan fingerprint density at radius 3 is 2.83 bits per heavy atom. The molecule has 124 valence electrons. The normalized spacial score (nSPS) is 11.9. The van der Waals surface area contributed by atoms with Gasteiger partial charge in [-0.15, -0.1) is 11.3 Å². The molecule has 0 unspecified atom stereocenters. The van der Waals surface area contributed by atoms with Gasteiger partial charge in [0.05, 0.1) is 12.2 Å². The van der Waals surface area contributed by atoms with Crippen molar-refractivity contribution in [3.05, 3.63) is 53.0 Å². The number of aromatic nitrogens is 3. The lowest BCUT2D eigenvalue weighted by Gasteiger charge is -2.14. The van der Waals surface area contributed by atoms with Crippen LogP contribution >= 0.6 is 11.3 Å². The van der Waals surface area contributed by atoms with Gasteiger partial charge in [-0.1, -0.05) is 13.0 Å². The van der Waals surface area contributed by atoms with E-state index in [1.807, 2.05) is 24.4 Å². The topological polar surface area (TPSA) is 62.7 Å². The molecule has 2 N–H and O–H groups in total. The third kappa shape index (κ3) is 4.29. The maximum Gasteiger partial charge on any atom is 0.225 e. The fourth-order valence-corrected chi connectivity index (χ4v) is 2.82. The summed E-state index contributed by atoms with van der Waals surface area (Å²) in [5.74, 6) is 1.45. The van der Waals surface area contributed by atoms with Crippen molar-refractivity contribution in [3.63, 3.8) is 0 Å². The number of nitrogens with zero attached hydrogens (tertiary/aromatic N) is 3. The second-order valence-corrected chi connectivity index (χ2v) is 6.62. The van der Waals surface area contributed by atoms with Crippen molar-refractivity contribution in [2.75, 3.05) is 10.6 Å². The van der Waals surface area contributed by atoms with Crippen molar-refractivity contribution in [2.24, 2.45) is 0 Å². The van der Waals surface area contributed by atoms with Gasteiger partial charge in [0.15, 0.2) is 0 Å². The van der Waals surface area contributed by atoms with Crippen LogP contribution in [0.3, 0.4) is 0 Å². The molecule has 3 aromatic rings.